The lowest BCUT2D eigenvalue weighted by atomic mass is 9.83. The molecule has 2 rings (SSSR count). The van der Waals surface area contributed by atoms with E-state index in [9.17, 15) is 4.79 Å². The van der Waals surface area contributed by atoms with E-state index in [1.54, 1.807) is 7.05 Å². The van der Waals surface area contributed by atoms with Gasteiger partial charge in [0.2, 0.25) is 5.91 Å². The first-order chi connectivity index (χ1) is 8.37. The van der Waals surface area contributed by atoms with Crippen LogP contribution in [0, 0.1) is 0 Å². The van der Waals surface area contributed by atoms with E-state index in [-0.39, 0.29) is 11.4 Å². The monoisotopic (exact) mass is 246 g/mol. The quantitative estimate of drug-likeness (QED) is 0.850. The highest BCUT2D eigenvalue weighted by atomic mass is 16.2. The van der Waals surface area contributed by atoms with Crippen LogP contribution in [0.1, 0.15) is 37.8 Å². The largest absolute Gasteiger partial charge is 0.358 e. The second-order valence-corrected chi connectivity index (χ2v) is 5.94. The van der Waals surface area contributed by atoms with Gasteiger partial charge in [-0.1, -0.05) is 24.3 Å². The molecular formula is C15H22N2O. The number of carbonyl (C=O) groups excluding carboxylic acids is 1. The van der Waals surface area contributed by atoms with Crippen LogP contribution in [0.25, 0.3) is 0 Å². The fourth-order valence-electron chi connectivity index (χ4n) is 2.23. The highest BCUT2D eigenvalue weighted by Crippen LogP contribution is 2.35. The Hall–Kier alpha value is -1.35. The molecule has 98 valence electrons. The molecule has 1 aromatic rings. The average Bonchev–Trinajstić information content (AvgIpc) is 3.06. The normalized spacial score (nSPS) is 17.3. The van der Waals surface area contributed by atoms with Gasteiger partial charge in [0.05, 0.1) is 5.41 Å². The van der Waals surface area contributed by atoms with Crippen LogP contribution < -0.4 is 11.1 Å². The Morgan fingerprint density at radius 2 is 1.89 bits per heavy atom. The van der Waals surface area contributed by atoms with Crippen LogP contribution in [0.4, 0.5) is 0 Å². The molecule has 1 fully saturated rings. The van der Waals surface area contributed by atoms with Gasteiger partial charge in [-0.05, 0) is 44.2 Å². The van der Waals surface area contributed by atoms with E-state index in [0.717, 1.165) is 24.8 Å². The fourth-order valence-corrected chi connectivity index (χ4v) is 2.23. The van der Waals surface area contributed by atoms with Gasteiger partial charge < -0.3 is 11.1 Å². The lowest BCUT2D eigenvalue weighted by molar-refractivity contribution is -0.125. The van der Waals surface area contributed by atoms with Crippen LogP contribution in [-0.4, -0.2) is 18.5 Å². The summed E-state index contributed by atoms with van der Waals surface area (Å²) in [5.74, 6) is 0.0349. The third-order valence-corrected chi connectivity index (χ3v) is 3.92. The molecule has 0 aromatic heterocycles. The number of hydrogen-bond acceptors (Lipinski definition) is 2. The number of rotatable bonds is 4. The number of carbonyl (C=O) groups is 1. The van der Waals surface area contributed by atoms with Gasteiger partial charge in [-0.3, -0.25) is 4.79 Å². The van der Waals surface area contributed by atoms with Crippen LogP contribution in [0.2, 0.25) is 0 Å². The minimum atomic E-state index is -0.493. The maximum Gasteiger partial charge on any atom is 0.229 e. The number of benzene rings is 1. The highest BCUT2D eigenvalue weighted by molar-refractivity contribution is 5.87. The van der Waals surface area contributed by atoms with Crippen molar-refractivity contribution in [3.05, 3.63) is 35.4 Å². The molecule has 1 aliphatic carbocycles. The molecule has 1 aliphatic rings. The Labute approximate surface area is 109 Å². The summed E-state index contributed by atoms with van der Waals surface area (Å²) in [6.45, 7) is 3.87. The average molecular weight is 246 g/mol. The van der Waals surface area contributed by atoms with Crippen molar-refractivity contribution in [1.82, 2.24) is 5.32 Å². The number of nitrogens with two attached hydrogens (primary N) is 1. The van der Waals surface area contributed by atoms with E-state index in [1.165, 1.54) is 5.56 Å². The Bertz CT molecular complexity index is 444. The van der Waals surface area contributed by atoms with Crippen LogP contribution >= 0.6 is 0 Å². The Kier molecular flexibility index (Phi) is 3.20. The molecule has 3 heteroatoms. The number of nitrogens with one attached hydrogen (secondary N) is 1. The van der Waals surface area contributed by atoms with Gasteiger partial charge in [0.25, 0.3) is 0 Å². The van der Waals surface area contributed by atoms with Crippen LogP contribution in [-0.2, 0) is 16.6 Å². The van der Waals surface area contributed by atoms with Crippen LogP contribution in [0.15, 0.2) is 24.3 Å². The molecular weight excluding hydrogens is 224 g/mol. The predicted molar refractivity (Wildman–Crippen MR) is 73.4 cm³/mol. The molecule has 0 spiro atoms. The van der Waals surface area contributed by atoms with Gasteiger partial charge in [-0.25, -0.2) is 0 Å². The third-order valence-electron chi connectivity index (χ3n) is 3.92. The Morgan fingerprint density at radius 1 is 1.33 bits per heavy atom. The summed E-state index contributed by atoms with van der Waals surface area (Å²) < 4.78 is 0. The molecule has 0 atom stereocenters. The van der Waals surface area contributed by atoms with Gasteiger partial charge in [0.1, 0.15) is 0 Å². The van der Waals surface area contributed by atoms with Gasteiger partial charge in [0, 0.05) is 12.6 Å². The van der Waals surface area contributed by atoms with Crippen molar-refractivity contribution < 1.29 is 4.79 Å². The second-order valence-electron chi connectivity index (χ2n) is 5.94. The van der Waals surface area contributed by atoms with Gasteiger partial charge in [-0.2, -0.15) is 0 Å². The summed E-state index contributed by atoms with van der Waals surface area (Å²) in [6.07, 6.45) is 3.19. The SMILES string of the molecule is CNC(=O)C(C)(C)c1ccc(CC2(N)CC2)cc1. The van der Waals surface area contributed by atoms with E-state index >= 15 is 0 Å². The van der Waals surface area contributed by atoms with Crippen molar-refractivity contribution in [2.75, 3.05) is 7.05 Å². The van der Waals surface area contributed by atoms with Crippen molar-refractivity contribution in [3.63, 3.8) is 0 Å². The van der Waals surface area contributed by atoms with E-state index in [1.807, 2.05) is 26.0 Å². The first-order valence-corrected chi connectivity index (χ1v) is 6.48. The van der Waals surface area contributed by atoms with Gasteiger partial charge in [-0.15, -0.1) is 0 Å². The predicted octanol–water partition coefficient (Wildman–Crippen LogP) is 1.74. The number of likely N-dealkylation sites (N-methyl/N-ethyl adjacent to an activating group) is 1. The smallest absolute Gasteiger partial charge is 0.229 e. The maximum absolute atomic E-state index is 11.8. The summed E-state index contributed by atoms with van der Waals surface area (Å²) in [6, 6.07) is 8.26. The molecule has 3 nitrogen and oxygen atoms in total. The molecule has 1 amide bonds. The Balaban J connectivity index is 2.14. The van der Waals surface area contributed by atoms with Crippen molar-refractivity contribution >= 4 is 5.91 Å². The third kappa shape index (κ3) is 2.56. The summed E-state index contributed by atoms with van der Waals surface area (Å²) in [4.78, 5) is 11.8. The zero-order chi connectivity index (χ0) is 13.4. The van der Waals surface area contributed by atoms with Gasteiger partial charge in [0.15, 0.2) is 0 Å². The summed E-state index contributed by atoms with van der Waals surface area (Å²) in [5, 5.41) is 2.71. The number of amides is 1. The Morgan fingerprint density at radius 3 is 2.33 bits per heavy atom. The highest BCUT2D eigenvalue weighted by Gasteiger charge is 2.38. The van der Waals surface area contributed by atoms with E-state index in [4.69, 9.17) is 5.73 Å². The van der Waals surface area contributed by atoms with Crippen LogP contribution in [0.5, 0.6) is 0 Å². The lowest BCUT2D eigenvalue weighted by Crippen LogP contribution is -2.38. The first-order valence-electron chi connectivity index (χ1n) is 6.48. The minimum absolute atomic E-state index is 0.0349. The van der Waals surface area contributed by atoms with E-state index in [0.29, 0.717) is 0 Å². The summed E-state index contributed by atoms with van der Waals surface area (Å²) in [5.41, 5.74) is 7.95. The molecule has 0 radical (unpaired) electrons. The molecule has 0 heterocycles. The minimum Gasteiger partial charge on any atom is -0.358 e. The molecule has 0 bridgehead atoms. The number of hydrogen-bond donors (Lipinski definition) is 2. The summed E-state index contributed by atoms with van der Waals surface area (Å²) in [7, 11) is 1.67. The summed E-state index contributed by atoms with van der Waals surface area (Å²) >= 11 is 0. The molecule has 1 saturated carbocycles. The maximum atomic E-state index is 11.8. The molecule has 0 unspecified atom stereocenters. The van der Waals surface area contributed by atoms with Crippen LogP contribution in [0.3, 0.4) is 0 Å². The van der Waals surface area contributed by atoms with Crippen molar-refractivity contribution in [2.45, 2.75) is 44.1 Å². The van der Waals surface area contributed by atoms with Crippen molar-refractivity contribution in [1.29, 1.82) is 0 Å². The fraction of sp³-hybridized carbons (Fsp3) is 0.533. The lowest BCUT2D eigenvalue weighted by Gasteiger charge is -2.23. The standard InChI is InChI=1S/C15H22N2O/c1-14(2,13(18)17-3)12-6-4-11(5-7-12)10-15(16)8-9-15/h4-7H,8-10,16H2,1-3H3,(H,17,18). The van der Waals surface area contributed by atoms with E-state index < -0.39 is 5.41 Å². The molecule has 18 heavy (non-hydrogen) atoms. The van der Waals surface area contributed by atoms with Crippen molar-refractivity contribution in [3.8, 4) is 0 Å². The molecule has 0 saturated heterocycles. The van der Waals surface area contributed by atoms with Crippen molar-refractivity contribution in [2.24, 2.45) is 5.73 Å². The second kappa shape index (κ2) is 4.39. The topological polar surface area (TPSA) is 55.1 Å². The zero-order valence-electron chi connectivity index (χ0n) is 11.4. The zero-order valence-corrected chi connectivity index (χ0v) is 11.4. The van der Waals surface area contributed by atoms with E-state index in [2.05, 4.69) is 17.4 Å². The first kappa shape index (κ1) is 13.1. The molecule has 3 N–H and O–H groups in total. The molecule has 0 aliphatic heterocycles. The molecule has 1 aromatic carbocycles. The van der Waals surface area contributed by atoms with Gasteiger partial charge >= 0.3 is 0 Å².